The van der Waals surface area contributed by atoms with Crippen LogP contribution in [0.4, 0.5) is 4.39 Å². The monoisotopic (exact) mass is 511 g/mol. The highest BCUT2D eigenvalue weighted by Crippen LogP contribution is 2.40. The molecule has 37 heavy (non-hydrogen) atoms. The molecule has 8 nitrogen and oxygen atoms in total. The van der Waals surface area contributed by atoms with E-state index in [2.05, 4.69) is 38.2 Å². The normalized spacial score (nSPS) is 30.1. The zero-order chi connectivity index (χ0) is 25.9. The Hall–Kier alpha value is -2.59. The fourth-order valence-corrected chi connectivity index (χ4v) is 6.36. The number of hydrogen-bond donors (Lipinski definition) is 3. The van der Waals surface area contributed by atoms with Crippen LogP contribution >= 0.6 is 0 Å². The largest absolute Gasteiger partial charge is 0.496 e. The number of carbonyl (C=O) groups excluding carboxylic acids is 1. The number of nitrogens with zero attached hydrogens (tertiary/aromatic N) is 2. The van der Waals surface area contributed by atoms with Crippen molar-refractivity contribution < 1.29 is 18.7 Å². The Morgan fingerprint density at radius 2 is 2.05 bits per heavy atom. The molecule has 0 bridgehead atoms. The summed E-state index contributed by atoms with van der Waals surface area (Å²) in [5.41, 5.74) is 9.66. The smallest absolute Gasteiger partial charge is 0.223 e. The Bertz CT molecular complexity index is 1100. The predicted octanol–water partition coefficient (Wildman–Crippen LogP) is 2.88. The topological polar surface area (TPSA) is 87.8 Å². The second-order valence-corrected chi connectivity index (χ2v) is 10.7. The van der Waals surface area contributed by atoms with E-state index >= 15 is 0 Å². The van der Waals surface area contributed by atoms with E-state index in [1.807, 2.05) is 13.1 Å². The third kappa shape index (κ3) is 5.80. The molecule has 6 unspecified atom stereocenters. The lowest BCUT2D eigenvalue weighted by Gasteiger charge is -2.39. The molecule has 2 saturated heterocycles. The average molecular weight is 512 g/mol. The van der Waals surface area contributed by atoms with Crippen LogP contribution in [0.3, 0.4) is 0 Å². The first-order chi connectivity index (χ1) is 17.9. The van der Waals surface area contributed by atoms with E-state index in [1.54, 1.807) is 26.4 Å². The molecule has 1 aromatic heterocycles. The Balaban J connectivity index is 1.23. The third-order valence-corrected chi connectivity index (χ3v) is 8.25. The molecule has 0 radical (unpaired) electrons. The van der Waals surface area contributed by atoms with Crippen molar-refractivity contribution in [2.24, 2.45) is 11.8 Å². The molecule has 6 atom stereocenters. The molecule has 1 amide bonds. The number of rotatable bonds is 7. The first kappa shape index (κ1) is 26.0. The van der Waals surface area contributed by atoms with Crippen molar-refractivity contribution in [3.8, 4) is 5.75 Å². The van der Waals surface area contributed by atoms with Gasteiger partial charge in [-0.25, -0.2) is 9.82 Å². The second-order valence-electron chi connectivity index (χ2n) is 10.7. The molecule has 2 aliphatic heterocycles. The number of aromatic nitrogens is 1. The number of hydrogen-bond acceptors (Lipinski definition) is 7. The molecule has 1 saturated carbocycles. The lowest BCUT2D eigenvalue weighted by molar-refractivity contribution is -0.128. The number of methoxy groups -OCH3 is 2. The molecule has 9 heteroatoms. The van der Waals surface area contributed by atoms with Crippen molar-refractivity contribution in [2.45, 2.75) is 63.4 Å². The maximum atomic E-state index is 14.6. The summed E-state index contributed by atoms with van der Waals surface area (Å²) >= 11 is 0. The van der Waals surface area contributed by atoms with Crippen molar-refractivity contribution in [3.63, 3.8) is 0 Å². The molecular weight excluding hydrogens is 473 g/mol. The van der Waals surface area contributed by atoms with Gasteiger partial charge < -0.3 is 14.8 Å². The molecular formula is C28H38FN5O3. The van der Waals surface area contributed by atoms with E-state index in [0.717, 1.165) is 31.4 Å². The second kappa shape index (κ2) is 11.4. The van der Waals surface area contributed by atoms with Crippen molar-refractivity contribution in [1.29, 1.82) is 0 Å². The molecule has 1 aliphatic carbocycles. The fraction of sp³-hybridized carbons (Fsp3) is 0.571. The summed E-state index contributed by atoms with van der Waals surface area (Å²) in [6.45, 7) is 3.73. The minimum atomic E-state index is -0.283. The molecule has 3 N–H and O–H groups in total. The fourth-order valence-electron chi connectivity index (χ4n) is 6.36. The van der Waals surface area contributed by atoms with Crippen molar-refractivity contribution in [3.05, 3.63) is 59.2 Å². The summed E-state index contributed by atoms with van der Waals surface area (Å²) in [7, 11) is 3.25. The highest BCUT2D eigenvalue weighted by atomic mass is 19.1. The van der Waals surface area contributed by atoms with Crippen LogP contribution < -0.4 is 20.9 Å². The van der Waals surface area contributed by atoms with Gasteiger partial charge in [0, 0.05) is 62.2 Å². The zero-order valence-electron chi connectivity index (χ0n) is 21.9. The van der Waals surface area contributed by atoms with Crippen molar-refractivity contribution in [1.82, 2.24) is 26.1 Å². The molecule has 1 aromatic carbocycles. The number of halogens is 1. The summed E-state index contributed by atoms with van der Waals surface area (Å²) in [6, 6.07) is 9.54. The van der Waals surface area contributed by atoms with E-state index in [9.17, 15) is 9.18 Å². The first-order valence-corrected chi connectivity index (χ1v) is 13.3. The Labute approximate surface area is 218 Å². The minimum Gasteiger partial charge on any atom is -0.496 e. The van der Waals surface area contributed by atoms with Crippen molar-refractivity contribution in [2.75, 3.05) is 27.3 Å². The van der Waals surface area contributed by atoms with E-state index < -0.39 is 0 Å². The van der Waals surface area contributed by atoms with Crippen LogP contribution in [0.2, 0.25) is 0 Å². The number of fused-ring (bicyclic) bond motifs is 1. The van der Waals surface area contributed by atoms with E-state index in [4.69, 9.17) is 9.47 Å². The number of amides is 1. The summed E-state index contributed by atoms with van der Waals surface area (Å²) < 4.78 is 25.7. The van der Waals surface area contributed by atoms with Crippen LogP contribution in [-0.4, -0.2) is 61.3 Å². The lowest BCUT2D eigenvalue weighted by atomic mass is 9.74. The van der Waals surface area contributed by atoms with Crippen LogP contribution in [-0.2, 0) is 16.1 Å². The van der Waals surface area contributed by atoms with Gasteiger partial charge in [-0.3, -0.25) is 20.1 Å². The van der Waals surface area contributed by atoms with Crippen molar-refractivity contribution >= 4 is 5.91 Å². The Morgan fingerprint density at radius 3 is 2.84 bits per heavy atom. The SMILES string of the molecule is COc1cccc(F)c1CN1CC(NC(=O)C2CCC3NNC(c4ccnc(C)c4)C3C2)CC(OC)C1. The number of hydrazine groups is 1. The number of nitrogens with one attached hydrogen (secondary N) is 3. The average Bonchev–Trinajstić information content (AvgIpc) is 3.33. The third-order valence-electron chi connectivity index (χ3n) is 8.25. The van der Waals surface area contributed by atoms with Gasteiger partial charge in [0.05, 0.1) is 19.3 Å². The number of likely N-dealkylation sites (tertiary alicyclic amines) is 1. The number of pyridine rings is 1. The van der Waals surface area contributed by atoms with Gasteiger partial charge >= 0.3 is 0 Å². The van der Waals surface area contributed by atoms with Gasteiger partial charge in [-0.15, -0.1) is 0 Å². The predicted molar refractivity (Wildman–Crippen MR) is 138 cm³/mol. The Morgan fingerprint density at radius 1 is 1.19 bits per heavy atom. The van der Waals surface area contributed by atoms with Gasteiger partial charge in [0.25, 0.3) is 0 Å². The quantitative estimate of drug-likeness (QED) is 0.527. The van der Waals surface area contributed by atoms with Crippen LogP contribution in [0.25, 0.3) is 0 Å². The maximum absolute atomic E-state index is 14.6. The standard InChI is InChI=1S/C28H38FN5O3/c1-17-11-18(9-10-30-17)27-22-12-19(7-8-25(22)32-33-27)28(35)31-20-13-21(36-2)15-34(14-20)16-23-24(29)5-4-6-26(23)37-3/h4-6,9-11,19-22,25,27,32-33H,7-8,12-16H2,1-3H3,(H,31,35). The van der Waals surface area contributed by atoms with Gasteiger partial charge in [0.2, 0.25) is 5.91 Å². The Kier molecular flexibility index (Phi) is 8.04. The number of ether oxygens (including phenoxy) is 2. The number of aryl methyl sites for hydroxylation is 1. The molecule has 3 heterocycles. The van der Waals surface area contributed by atoms with E-state index in [0.29, 0.717) is 42.9 Å². The van der Waals surface area contributed by atoms with Gasteiger partial charge in [0.15, 0.2) is 0 Å². The first-order valence-electron chi connectivity index (χ1n) is 13.3. The molecule has 5 rings (SSSR count). The summed E-state index contributed by atoms with van der Waals surface area (Å²) in [4.78, 5) is 19.9. The molecule has 0 spiro atoms. The minimum absolute atomic E-state index is 0.0311. The van der Waals surface area contributed by atoms with Crippen LogP contribution in [0.5, 0.6) is 5.75 Å². The number of benzene rings is 1. The highest BCUT2D eigenvalue weighted by Gasteiger charge is 2.43. The molecule has 200 valence electrons. The number of piperidine rings is 1. The van der Waals surface area contributed by atoms with Crippen LogP contribution in [0.15, 0.2) is 36.5 Å². The summed E-state index contributed by atoms with van der Waals surface area (Å²) in [6.07, 6.45) is 5.22. The van der Waals surface area contributed by atoms with E-state index in [1.165, 1.54) is 11.6 Å². The summed E-state index contributed by atoms with van der Waals surface area (Å²) in [5.74, 6) is 0.676. The van der Waals surface area contributed by atoms with Gasteiger partial charge in [-0.2, -0.15) is 0 Å². The number of carbonyl (C=O) groups is 1. The molecule has 3 fully saturated rings. The van der Waals surface area contributed by atoms with Crippen LogP contribution in [0.1, 0.15) is 48.5 Å². The zero-order valence-corrected chi connectivity index (χ0v) is 21.9. The van der Waals surface area contributed by atoms with Gasteiger partial charge in [-0.05, 0) is 68.4 Å². The maximum Gasteiger partial charge on any atom is 0.223 e. The summed E-state index contributed by atoms with van der Waals surface area (Å²) in [5, 5.41) is 3.32. The van der Waals surface area contributed by atoms with E-state index in [-0.39, 0.29) is 35.8 Å². The van der Waals surface area contributed by atoms with Crippen LogP contribution in [0, 0.1) is 24.6 Å². The van der Waals surface area contributed by atoms with Gasteiger partial charge in [-0.1, -0.05) is 6.07 Å². The highest BCUT2D eigenvalue weighted by molar-refractivity contribution is 5.79. The lowest BCUT2D eigenvalue weighted by Crippen LogP contribution is -2.54. The molecule has 2 aromatic rings. The van der Waals surface area contributed by atoms with Gasteiger partial charge in [0.1, 0.15) is 11.6 Å². The molecule has 3 aliphatic rings.